The van der Waals surface area contributed by atoms with Gasteiger partial charge in [-0.3, -0.25) is 0 Å². The Hall–Kier alpha value is -2.17. The zero-order chi connectivity index (χ0) is 17.9. The van der Waals surface area contributed by atoms with Gasteiger partial charge >= 0.3 is 6.18 Å². The molecule has 2 aromatic carbocycles. The maximum Gasteiger partial charge on any atom is 0.418 e. The van der Waals surface area contributed by atoms with Crippen molar-refractivity contribution in [2.45, 2.75) is 50.8 Å². The number of benzene rings is 2. The molecular formula is C20H22F3NO. The molecule has 0 aromatic heterocycles. The summed E-state index contributed by atoms with van der Waals surface area (Å²) in [6, 6.07) is 12.1. The van der Waals surface area contributed by atoms with Crippen LogP contribution in [0.5, 0.6) is 5.75 Å². The Morgan fingerprint density at radius 2 is 1.68 bits per heavy atom. The van der Waals surface area contributed by atoms with Crippen molar-refractivity contribution in [3.05, 3.63) is 59.2 Å². The van der Waals surface area contributed by atoms with Crippen LogP contribution < -0.4 is 10.5 Å². The Bertz CT molecular complexity index is 707. The van der Waals surface area contributed by atoms with E-state index in [9.17, 15) is 13.2 Å². The molecule has 1 aliphatic carbocycles. The lowest BCUT2D eigenvalue weighted by molar-refractivity contribution is -0.137. The lowest BCUT2D eigenvalue weighted by Crippen LogP contribution is -2.13. The van der Waals surface area contributed by atoms with Crippen molar-refractivity contribution in [1.29, 1.82) is 0 Å². The van der Waals surface area contributed by atoms with Gasteiger partial charge in [0.1, 0.15) is 12.4 Å². The zero-order valence-electron chi connectivity index (χ0n) is 14.0. The molecule has 0 atom stereocenters. The molecule has 25 heavy (non-hydrogen) atoms. The van der Waals surface area contributed by atoms with Crippen LogP contribution >= 0.6 is 0 Å². The lowest BCUT2D eigenvalue weighted by atomic mass is 9.83. The summed E-state index contributed by atoms with van der Waals surface area (Å²) in [6.45, 7) is 0.311. The summed E-state index contributed by atoms with van der Waals surface area (Å²) in [6.07, 6.45) is 0.540. The van der Waals surface area contributed by atoms with E-state index in [4.69, 9.17) is 10.5 Å². The number of nitrogens with two attached hydrogens (primary N) is 1. The number of anilines is 1. The lowest BCUT2D eigenvalue weighted by Gasteiger charge is -2.26. The van der Waals surface area contributed by atoms with Gasteiger partial charge in [0.05, 0.1) is 5.56 Å². The monoisotopic (exact) mass is 349 g/mol. The minimum absolute atomic E-state index is 0.0984. The molecular weight excluding hydrogens is 327 g/mol. The first-order valence-electron chi connectivity index (χ1n) is 8.62. The molecule has 1 fully saturated rings. The van der Waals surface area contributed by atoms with Crippen LogP contribution in [0.25, 0.3) is 0 Å². The first kappa shape index (κ1) is 17.6. The summed E-state index contributed by atoms with van der Waals surface area (Å²) in [5.41, 5.74) is 6.23. The van der Waals surface area contributed by atoms with Crippen molar-refractivity contribution in [1.82, 2.24) is 0 Å². The minimum Gasteiger partial charge on any atom is -0.489 e. The second-order valence-electron chi connectivity index (χ2n) is 6.58. The van der Waals surface area contributed by atoms with E-state index in [1.165, 1.54) is 12.1 Å². The maximum absolute atomic E-state index is 13.3. The third-order valence-corrected chi connectivity index (χ3v) is 4.77. The highest BCUT2D eigenvalue weighted by Crippen LogP contribution is 2.43. The predicted molar refractivity (Wildman–Crippen MR) is 92.5 cm³/mol. The van der Waals surface area contributed by atoms with Crippen LogP contribution in [0.3, 0.4) is 0 Å². The molecule has 2 nitrogen and oxygen atoms in total. The Morgan fingerprint density at radius 3 is 2.32 bits per heavy atom. The van der Waals surface area contributed by atoms with Crippen LogP contribution in [0.1, 0.15) is 54.7 Å². The average Bonchev–Trinajstić information content (AvgIpc) is 2.60. The highest BCUT2D eigenvalue weighted by atomic mass is 19.4. The Morgan fingerprint density at radius 1 is 1.00 bits per heavy atom. The van der Waals surface area contributed by atoms with E-state index in [2.05, 4.69) is 0 Å². The summed E-state index contributed by atoms with van der Waals surface area (Å²) in [4.78, 5) is 0. The number of alkyl halides is 3. The molecule has 0 aliphatic heterocycles. The molecule has 0 amide bonds. The second kappa shape index (κ2) is 7.38. The molecule has 3 rings (SSSR count). The van der Waals surface area contributed by atoms with Crippen molar-refractivity contribution in [3.63, 3.8) is 0 Å². The topological polar surface area (TPSA) is 35.2 Å². The van der Waals surface area contributed by atoms with E-state index in [1.54, 1.807) is 0 Å². The molecule has 0 spiro atoms. The summed E-state index contributed by atoms with van der Waals surface area (Å²) in [7, 11) is 0. The molecule has 5 heteroatoms. The van der Waals surface area contributed by atoms with Crippen molar-refractivity contribution < 1.29 is 17.9 Å². The summed E-state index contributed by atoms with van der Waals surface area (Å²) < 4.78 is 45.7. The molecule has 0 radical (unpaired) electrons. The first-order valence-corrected chi connectivity index (χ1v) is 8.62. The molecule has 134 valence electrons. The van der Waals surface area contributed by atoms with Crippen LogP contribution in [0, 0.1) is 0 Å². The molecule has 0 bridgehead atoms. The van der Waals surface area contributed by atoms with E-state index in [0.717, 1.165) is 37.7 Å². The number of ether oxygens (including phenoxy) is 1. The van der Waals surface area contributed by atoms with E-state index in [1.807, 2.05) is 30.3 Å². The second-order valence-corrected chi connectivity index (χ2v) is 6.58. The third kappa shape index (κ3) is 4.27. The Kier molecular flexibility index (Phi) is 5.21. The molecule has 0 heterocycles. The zero-order valence-corrected chi connectivity index (χ0v) is 14.0. The predicted octanol–water partition coefficient (Wildman–Crippen LogP) is 5.91. The molecule has 2 N–H and O–H groups in total. The minimum atomic E-state index is -4.45. The number of nitrogen functional groups attached to an aromatic ring is 1. The maximum atomic E-state index is 13.3. The Balaban J connectivity index is 1.92. The highest BCUT2D eigenvalue weighted by molar-refractivity contribution is 5.57. The summed E-state index contributed by atoms with van der Waals surface area (Å²) in [5, 5.41) is 0. The standard InChI is InChI=1S/C20H22F3NO/c21-20(22,23)17-11-16(15-9-5-2-6-10-15)19(12-18(17)24)25-13-14-7-3-1-4-8-14/h1,3-4,7-8,11-12,15H,2,5-6,9-10,13,24H2. The van der Waals surface area contributed by atoms with Gasteiger partial charge < -0.3 is 10.5 Å². The number of rotatable bonds is 4. The van der Waals surface area contributed by atoms with Crippen LogP contribution in [-0.2, 0) is 12.8 Å². The average molecular weight is 349 g/mol. The number of halogens is 3. The fourth-order valence-electron chi connectivity index (χ4n) is 3.45. The Labute approximate surface area is 145 Å². The quantitative estimate of drug-likeness (QED) is 0.696. The van der Waals surface area contributed by atoms with Crippen molar-refractivity contribution in [2.75, 3.05) is 5.73 Å². The smallest absolute Gasteiger partial charge is 0.418 e. The normalized spacial score (nSPS) is 16.0. The van der Waals surface area contributed by atoms with Gasteiger partial charge in [-0.2, -0.15) is 13.2 Å². The van der Waals surface area contributed by atoms with Gasteiger partial charge in [0.25, 0.3) is 0 Å². The number of hydrogen-bond donors (Lipinski definition) is 1. The molecule has 2 aromatic rings. The molecule has 1 saturated carbocycles. The van der Waals surface area contributed by atoms with Crippen molar-refractivity contribution in [2.24, 2.45) is 0 Å². The molecule has 0 saturated heterocycles. The number of hydrogen-bond acceptors (Lipinski definition) is 2. The van der Waals surface area contributed by atoms with Crippen LogP contribution in [-0.4, -0.2) is 0 Å². The van der Waals surface area contributed by atoms with Crippen LogP contribution in [0.15, 0.2) is 42.5 Å². The van der Waals surface area contributed by atoms with Gasteiger partial charge in [0.15, 0.2) is 0 Å². The van der Waals surface area contributed by atoms with Gasteiger partial charge in [0, 0.05) is 11.8 Å². The fourth-order valence-corrected chi connectivity index (χ4v) is 3.45. The van der Waals surface area contributed by atoms with E-state index in [-0.39, 0.29) is 11.6 Å². The largest absolute Gasteiger partial charge is 0.489 e. The third-order valence-electron chi connectivity index (χ3n) is 4.77. The van der Waals surface area contributed by atoms with Gasteiger partial charge in [-0.05, 0) is 36.0 Å². The summed E-state index contributed by atoms with van der Waals surface area (Å²) in [5.74, 6) is 0.572. The highest BCUT2D eigenvalue weighted by Gasteiger charge is 2.35. The van der Waals surface area contributed by atoms with Crippen molar-refractivity contribution >= 4 is 5.69 Å². The van der Waals surface area contributed by atoms with Gasteiger partial charge in [-0.25, -0.2) is 0 Å². The van der Waals surface area contributed by atoms with E-state index >= 15 is 0 Å². The summed E-state index contributed by atoms with van der Waals surface area (Å²) >= 11 is 0. The van der Waals surface area contributed by atoms with Gasteiger partial charge in [0.2, 0.25) is 0 Å². The van der Waals surface area contributed by atoms with E-state index in [0.29, 0.717) is 17.9 Å². The van der Waals surface area contributed by atoms with E-state index < -0.39 is 11.7 Å². The molecule has 1 aliphatic rings. The molecule has 0 unspecified atom stereocenters. The van der Waals surface area contributed by atoms with Crippen LogP contribution in [0.4, 0.5) is 18.9 Å². The van der Waals surface area contributed by atoms with Crippen molar-refractivity contribution in [3.8, 4) is 5.75 Å². The van der Waals surface area contributed by atoms with Gasteiger partial charge in [-0.1, -0.05) is 49.6 Å². The fraction of sp³-hybridized carbons (Fsp3) is 0.400. The van der Waals surface area contributed by atoms with Crippen LogP contribution in [0.2, 0.25) is 0 Å². The SMILES string of the molecule is Nc1cc(OCc2ccccc2)c(C2CCCCC2)cc1C(F)(F)F. The van der Waals surface area contributed by atoms with Gasteiger partial charge in [-0.15, -0.1) is 0 Å². The first-order chi connectivity index (χ1) is 11.9.